The summed E-state index contributed by atoms with van der Waals surface area (Å²) in [6, 6.07) is 59.5. The second kappa shape index (κ2) is 15.1. The van der Waals surface area contributed by atoms with Crippen LogP contribution in [0.3, 0.4) is 0 Å². The number of hydrogen-bond donors (Lipinski definition) is 0. The molecular weight excluding hydrogens is 807 g/mol. The second-order valence-electron chi connectivity index (χ2n) is 21.1. The predicted molar refractivity (Wildman–Crippen MR) is 278 cm³/mol. The van der Waals surface area contributed by atoms with Crippen LogP contribution in [-0.2, 0) is 16.2 Å². The summed E-state index contributed by atoms with van der Waals surface area (Å²) in [4.78, 5) is 9.88. The van der Waals surface area contributed by atoms with Crippen molar-refractivity contribution in [1.82, 2.24) is 14.1 Å². The summed E-state index contributed by atoms with van der Waals surface area (Å²) in [5.74, 6) is 2.43. The van der Waals surface area contributed by atoms with E-state index < -0.39 is 0 Å². The zero-order valence-corrected chi connectivity index (χ0v) is 39.5. The van der Waals surface area contributed by atoms with E-state index in [1.807, 2.05) is 6.20 Å². The van der Waals surface area contributed by atoms with Gasteiger partial charge in [-0.15, -0.1) is 0 Å². The van der Waals surface area contributed by atoms with Crippen molar-refractivity contribution < 1.29 is 4.74 Å². The highest BCUT2D eigenvalue weighted by molar-refractivity contribution is 6.11. The largest absolute Gasteiger partial charge is 0.457 e. The number of pyridine rings is 1. The van der Waals surface area contributed by atoms with Gasteiger partial charge >= 0.3 is 0 Å². The third-order valence-corrected chi connectivity index (χ3v) is 13.5. The van der Waals surface area contributed by atoms with Gasteiger partial charge in [0.15, 0.2) is 0 Å². The second-order valence-corrected chi connectivity index (χ2v) is 21.1. The first kappa shape index (κ1) is 41.4. The molecule has 0 saturated carbocycles. The van der Waals surface area contributed by atoms with Gasteiger partial charge in [0, 0.05) is 51.2 Å². The molecular formula is C60H57N5O. The molecule has 6 nitrogen and oxygen atoms in total. The Morgan fingerprint density at radius 1 is 0.409 bits per heavy atom. The summed E-state index contributed by atoms with van der Waals surface area (Å²) in [6.07, 6.45) is 1.93. The van der Waals surface area contributed by atoms with E-state index in [1.54, 1.807) is 0 Å². The number of nitrogens with zero attached hydrogens (tertiary/aromatic N) is 5. The molecule has 10 aromatic rings. The number of aromatic nitrogens is 3. The normalized spacial score (nSPS) is 13.4. The van der Waals surface area contributed by atoms with Gasteiger partial charge in [0.2, 0.25) is 0 Å². The van der Waals surface area contributed by atoms with Crippen LogP contribution in [0.5, 0.6) is 11.5 Å². The van der Waals surface area contributed by atoms with E-state index in [-0.39, 0.29) is 16.2 Å². The van der Waals surface area contributed by atoms with Crippen molar-refractivity contribution >= 4 is 66.4 Å². The molecule has 0 radical (unpaired) electrons. The first-order valence-corrected chi connectivity index (χ1v) is 23.2. The molecule has 0 atom stereocenters. The van der Waals surface area contributed by atoms with Crippen molar-refractivity contribution in [3.05, 3.63) is 187 Å². The lowest BCUT2D eigenvalue weighted by atomic mass is 9.80. The Morgan fingerprint density at radius 3 is 1.58 bits per heavy atom. The van der Waals surface area contributed by atoms with Crippen LogP contribution in [0.4, 0.5) is 22.7 Å². The smallest absolute Gasteiger partial charge is 0.137 e. The number of rotatable bonds is 6. The van der Waals surface area contributed by atoms with E-state index in [9.17, 15) is 0 Å². The van der Waals surface area contributed by atoms with E-state index in [4.69, 9.17) is 9.72 Å². The average molecular weight is 864 g/mol. The number of ether oxygens (including phenoxy) is 1. The number of hydrogen-bond acceptors (Lipinski definition) is 4. The van der Waals surface area contributed by atoms with E-state index in [0.717, 1.165) is 50.8 Å². The van der Waals surface area contributed by atoms with Crippen LogP contribution in [0.25, 0.3) is 55.1 Å². The Morgan fingerprint density at radius 2 is 0.955 bits per heavy atom. The Kier molecular flexibility index (Phi) is 9.49. The molecule has 0 fully saturated rings. The molecule has 11 rings (SSSR count). The fraction of sp³-hybridized carbons (Fsp3) is 0.217. The minimum atomic E-state index is -0.0410. The highest BCUT2D eigenvalue weighted by Crippen LogP contribution is 2.51. The van der Waals surface area contributed by atoms with Crippen LogP contribution in [0.1, 0.15) is 79.0 Å². The van der Waals surface area contributed by atoms with Gasteiger partial charge in [-0.05, 0) is 112 Å². The van der Waals surface area contributed by atoms with Gasteiger partial charge in [-0.25, -0.2) is 4.98 Å². The van der Waals surface area contributed by atoms with Gasteiger partial charge in [0.1, 0.15) is 24.0 Å². The molecule has 0 aliphatic carbocycles. The van der Waals surface area contributed by atoms with Gasteiger partial charge < -0.3 is 19.1 Å². The number of benzene rings is 7. The van der Waals surface area contributed by atoms with Crippen LogP contribution in [0.2, 0.25) is 0 Å². The summed E-state index contributed by atoms with van der Waals surface area (Å²) in [6.45, 7) is 21.3. The van der Waals surface area contributed by atoms with Gasteiger partial charge in [-0.3, -0.25) is 4.57 Å². The first-order valence-electron chi connectivity index (χ1n) is 23.2. The molecule has 1 aliphatic heterocycles. The van der Waals surface area contributed by atoms with Gasteiger partial charge in [0.25, 0.3) is 0 Å². The zero-order chi connectivity index (χ0) is 45.7. The van der Waals surface area contributed by atoms with Gasteiger partial charge in [-0.2, -0.15) is 0 Å². The Balaban J connectivity index is 1.05. The van der Waals surface area contributed by atoms with Crippen LogP contribution < -0.4 is 14.5 Å². The maximum atomic E-state index is 6.86. The van der Waals surface area contributed by atoms with Crippen LogP contribution in [0, 0.1) is 0 Å². The molecule has 0 unspecified atom stereocenters. The first-order chi connectivity index (χ1) is 31.6. The topological polar surface area (TPSA) is 38.5 Å². The van der Waals surface area contributed by atoms with E-state index in [1.165, 1.54) is 55.3 Å². The highest BCUT2D eigenvalue weighted by atomic mass is 16.5. The molecule has 1 aliphatic rings. The number of para-hydroxylation sites is 4. The van der Waals surface area contributed by atoms with Crippen LogP contribution in [0.15, 0.2) is 170 Å². The molecule has 7 aromatic carbocycles. The summed E-state index contributed by atoms with van der Waals surface area (Å²) in [5, 5.41) is 4.83. The molecule has 0 spiro atoms. The molecule has 0 bridgehead atoms. The zero-order valence-electron chi connectivity index (χ0n) is 39.5. The van der Waals surface area contributed by atoms with E-state index in [0.29, 0.717) is 6.67 Å². The minimum Gasteiger partial charge on any atom is -0.457 e. The van der Waals surface area contributed by atoms with Gasteiger partial charge in [-0.1, -0.05) is 135 Å². The van der Waals surface area contributed by atoms with Gasteiger partial charge in [0.05, 0.1) is 39.1 Å². The minimum absolute atomic E-state index is 0.0128. The highest BCUT2D eigenvalue weighted by Gasteiger charge is 2.34. The SMILES string of the molecule is CC(C)(C)c1cc(N2CN(c3cccc(Oc4ccc5c6ccccc6n(-c6cc(C(C)(C)C)ccn6)c5c4)c3)c3cccc(-n4c5ccccc5c5ccccc54)c32)cc(C(C)(C)C)c1. The fourth-order valence-electron chi connectivity index (χ4n) is 9.85. The predicted octanol–water partition coefficient (Wildman–Crippen LogP) is 16.2. The maximum absolute atomic E-state index is 6.86. The quantitative estimate of drug-likeness (QED) is 0.167. The lowest BCUT2D eigenvalue weighted by Gasteiger charge is -2.30. The number of anilines is 4. The standard InChI is InChI=1S/C60H57N5O/c1-58(2,3)39-30-31-61-56(35-39)65-52-25-15-12-22-48(52)49-29-28-45(37-55(49)65)66-44-19-16-18-42(36-44)62-38-63(43-33-40(59(4,5)6)32-41(34-43)60(7,8)9)57-53(62)26-17-27-54(57)64-50-23-13-10-20-46(50)47-21-11-14-24-51(47)64/h10-37H,38H2,1-9H3. The monoisotopic (exact) mass is 863 g/mol. The van der Waals surface area contributed by atoms with Crippen molar-refractivity contribution in [1.29, 1.82) is 0 Å². The molecule has 4 heterocycles. The lowest BCUT2D eigenvalue weighted by molar-refractivity contribution is 0.483. The summed E-state index contributed by atoms with van der Waals surface area (Å²) in [7, 11) is 0. The molecule has 0 N–H and O–H groups in total. The van der Waals surface area contributed by atoms with E-state index in [2.05, 4.69) is 245 Å². The van der Waals surface area contributed by atoms with Crippen molar-refractivity contribution in [3.63, 3.8) is 0 Å². The Bertz CT molecular complexity index is 3430. The number of fused-ring (bicyclic) bond motifs is 7. The molecule has 3 aromatic heterocycles. The lowest BCUT2D eigenvalue weighted by Crippen LogP contribution is -2.25. The Labute approximate surface area is 388 Å². The molecule has 0 saturated heterocycles. The Hall–Kier alpha value is -7.31. The molecule has 0 amide bonds. The third kappa shape index (κ3) is 6.98. The average Bonchev–Trinajstić information content (AvgIpc) is 3.96. The summed E-state index contributed by atoms with van der Waals surface area (Å²) in [5.41, 5.74) is 14.0. The summed E-state index contributed by atoms with van der Waals surface area (Å²) < 4.78 is 11.6. The van der Waals surface area contributed by atoms with Crippen molar-refractivity contribution in [2.45, 2.75) is 78.6 Å². The molecule has 6 heteroatoms. The van der Waals surface area contributed by atoms with Crippen molar-refractivity contribution in [2.75, 3.05) is 16.5 Å². The van der Waals surface area contributed by atoms with Crippen molar-refractivity contribution in [3.8, 4) is 23.0 Å². The van der Waals surface area contributed by atoms with Crippen molar-refractivity contribution in [2.24, 2.45) is 0 Å². The third-order valence-electron chi connectivity index (χ3n) is 13.5. The fourth-order valence-corrected chi connectivity index (χ4v) is 9.85. The molecule has 66 heavy (non-hydrogen) atoms. The maximum Gasteiger partial charge on any atom is 0.137 e. The van der Waals surface area contributed by atoms with E-state index >= 15 is 0 Å². The summed E-state index contributed by atoms with van der Waals surface area (Å²) >= 11 is 0. The van der Waals surface area contributed by atoms with Crippen LogP contribution >= 0.6 is 0 Å². The molecule has 328 valence electrons. The van der Waals surface area contributed by atoms with Crippen LogP contribution in [-0.4, -0.2) is 20.8 Å².